The summed E-state index contributed by atoms with van der Waals surface area (Å²) in [6, 6.07) is 14.3. The van der Waals surface area contributed by atoms with Gasteiger partial charge in [-0.05, 0) is 54.3 Å². The van der Waals surface area contributed by atoms with E-state index in [1.165, 1.54) is 17.7 Å². The van der Waals surface area contributed by atoms with E-state index in [9.17, 15) is 9.18 Å². The molecule has 5 heteroatoms. The van der Waals surface area contributed by atoms with Crippen molar-refractivity contribution < 1.29 is 9.18 Å². The number of amides is 1. The Morgan fingerprint density at radius 1 is 1.12 bits per heavy atom. The molecular formula is C21H22FN3O. The van der Waals surface area contributed by atoms with Crippen molar-refractivity contribution in [3.63, 3.8) is 0 Å². The maximum atomic E-state index is 13.1. The van der Waals surface area contributed by atoms with Crippen molar-refractivity contribution in [3.05, 3.63) is 77.2 Å². The highest BCUT2D eigenvalue weighted by Gasteiger charge is 2.12. The number of hydrogen-bond donors (Lipinski definition) is 1. The minimum absolute atomic E-state index is 0.00200. The summed E-state index contributed by atoms with van der Waals surface area (Å²) in [5.74, 6) is -0.274. The highest BCUT2D eigenvalue weighted by molar-refractivity contribution is 5.76. The predicted octanol–water partition coefficient (Wildman–Crippen LogP) is 3.78. The van der Waals surface area contributed by atoms with Crippen LogP contribution >= 0.6 is 0 Å². The van der Waals surface area contributed by atoms with Crippen LogP contribution in [0.3, 0.4) is 0 Å². The van der Waals surface area contributed by atoms with Crippen LogP contribution in [0.25, 0.3) is 11.3 Å². The van der Waals surface area contributed by atoms with Gasteiger partial charge in [-0.15, -0.1) is 0 Å². The fourth-order valence-electron chi connectivity index (χ4n) is 2.91. The highest BCUT2D eigenvalue weighted by atomic mass is 19.1. The first kappa shape index (κ1) is 17.9. The van der Waals surface area contributed by atoms with E-state index in [2.05, 4.69) is 10.4 Å². The van der Waals surface area contributed by atoms with Crippen molar-refractivity contribution in [3.8, 4) is 11.3 Å². The van der Waals surface area contributed by atoms with E-state index in [4.69, 9.17) is 0 Å². The zero-order chi connectivity index (χ0) is 18.5. The molecule has 0 saturated carbocycles. The molecule has 0 radical (unpaired) electrons. The van der Waals surface area contributed by atoms with Crippen molar-refractivity contribution >= 4 is 5.91 Å². The number of nitrogens with one attached hydrogen (secondary N) is 1. The molecule has 0 atom stereocenters. The molecule has 0 bridgehead atoms. The quantitative estimate of drug-likeness (QED) is 0.735. The lowest BCUT2D eigenvalue weighted by atomic mass is 10.0. The summed E-state index contributed by atoms with van der Waals surface area (Å²) in [6.07, 6.45) is 2.87. The van der Waals surface area contributed by atoms with E-state index in [-0.39, 0.29) is 11.7 Å². The second-order valence-corrected chi connectivity index (χ2v) is 6.39. The second-order valence-electron chi connectivity index (χ2n) is 6.39. The number of halogens is 1. The Labute approximate surface area is 152 Å². The first-order valence-electron chi connectivity index (χ1n) is 8.62. The average molecular weight is 351 g/mol. The van der Waals surface area contributed by atoms with E-state index >= 15 is 0 Å². The van der Waals surface area contributed by atoms with Gasteiger partial charge in [-0.25, -0.2) is 4.39 Å². The van der Waals surface area contributed by atoms with Gasteiger partial charge in [0.1, 0.15) is 5.82 Å². The molecule has 134 valence electrons. The summed E-state index contributed by atoms with van der Waals surface area (Å²) in [6.45, 7) is 2.56. The molecule has 0 aliphatic heterocycles. The van der Waals surface area contributed by atoms with E-state index in [1.54, 1.807) is 16.8 Å². The Kier molecular flexibility index (Phi) is 5.46. The second kappa shape index (κ2) is 7.95. The Hall–Kier alpha value is -2.95. The fourth-order valence-corrected chi connectivity index (χ4v) is 2.91. The molecule has 3 aromatic rings. The lowest BCUT2D eigenvalue weighted by molar-refractivity contribution is -0.121. The zero-order valence-corrected chi connectivity index (χ0v) is 15.0. The molecule has 0 spiro atoms. The van der Waals surface area contributed by atoms with Gasteiger partial charge in [-0.2, -0.15) is 5.10 Å². The SMILES string of the molecule is Cc1ccccc1CNC(=O)CCc1cn(C)nc1-c1ccc(F)cc1. The molecule has 0 aliphatic rings. The highest BCUT2D eigenvalue weighted by Crippen LogP contribution is 2.23. The van der Waals surface area contributed by atoms with E-state index in [0.29, 0.717) is 19.4 Å². The van der Waals surface area contributed by atoms with Crippen LogP contribution in [-0.4, -0.2) is 15.7 Å². The molecule has 0 aliphatic carbocycles. The van der Waals surface area contributed by atoms with Crippen LogP contribution in [0.2, 0.25) is 0 Å². The fraction of sp³-hybridized carbons (Fsp3) is 0.238. The number of carbonyl (C=O) groups excluding carboxylic acids is 1. The summed E-state index contributed by atoms with van der Waals surface area (Å²) < 4.78 is 14.9. The van der Waals surface area contributed by atoms with E-state index in [1.807, 2.05) is 44.4 Å². The average Bonchev–Trinajstić information content (AvgIpc) is 3.00. The largest absolute Gasteiger partial charge is 0.352 e. The van der Waals surface area contributed by atoms with Gasteiger partial charge in [-0.3, -0.25) is 9.48 Å². The molecule has 2 aromatic carbocycles. The Morgan fingerprint density at radius 3 is 2.58 bits per heavy atom. The van der Waals surface area contributed by atoms with Gasteiger partial charge in [0.2, 0.25) is 5.91 Å². The maximum absolute atomic E-state index is 13.1. The first-order valence-corrected chi connectivity index (χ1v) is 8.62. The molecule has 1 amide bonds. The molecule has 1 heterocycles. The number of rotatable bonds is 6. The summed E-state index contributed by atoms with van der Waals surface area (Å²) in [5, 5.41) is 7.42. The van der Waals surface area contributed by atoms with Gasteiger partial charge < -0.3 is 5.32 Å². The van der Waals surface area contributed by atoms with Crippen molar-refractivity contribution in [2.24, 2.45) is 7.05 Å². The normalized spacial score (nSPS) is 10.7. The van der Waals surface area contributed by atoms with E-state index < -0.39 is 0 Å². The first-order chi connectivity index (χ1) is 12.5. The molecule has 0 fully saturated rings. The Bertz CT molecular complexity index is 900. The number of carbonyl (C=O) groups is 1. The van der Waals surface area contributed by atoms with Gasteiger partial charge in [0.25, 0.3) is 0 Å². The molecule has 1 aromatic heterocycles. The zero-order valence-electron chi connectivity index (χ0n) is 15.0. The molecule has 1 N–H and O–H groups in total. The lowest BCUT2D eigenvalue weighted by Gasteiger charge is -2.08. The van der Waals surface area contributed by atoms with Crippen LogP contribution < -0.4 is 5.32 Å². The summed E-state index contributed by atoms with van der Waals surface area (Å²) in [5.41, 5.74) is 4.90. The number of aryl methyl sites for hydroxylation is 3. The third kappa shape index (κ3) is 4.36. The smallest absolute Gasteiger partial charge is 0.220 e. The summed E-state index contributed by atoms with van der Waals surface area (Å²) in [4.78, 5) is 12.2. The summed E-state index contributed by atoms with van der Waals surface area (Å²) >= 11 is 0. The van der Waals surface area contributed by atoms with E-state index in [0.717, 1.165) is 22.4 Å². The van der Waals surface area contributed by atoms with Crippen LogP contribution in [-0.2, 0) is 24.8 Å². The lowest BCUT2D eigenvalue weighted by Crippen LogP contribution is -2.23. The minimum atomic E-state index is -0.276. The van der Waals surface area contributed by atoms with Gasteiger partial charge in [0, 0.05) is 31.8 Å². The van der Waals surface area contributed by atoms with Gasteiger partial charge >= 0.3 is 0 Å². The van der Waals surface area contributed by atoms with Crippen molar-refractivity contribution in [2.75, 3.05) is 0 Å². The predicted molar refractivity (Wildman–Crippen MR) is 99.9 cm³/mol. The molecule has 0 unspecified atom stereocenters. The standard InChI is InChI=1S/C21H22FN3O/c1-15-5-3-4-6-17(15)13-23-20(26)12-9-18-14-25(2)24-21(18)16-7-10-19(22)11-8-16/h3-8,10-11,14H,9,12-13H2,1-2H3,(H,23,26). The third-order valence-corrected chi connectivity index (χ3v) is 4.38. The Morgan fingerprint density at radius 2 is 1.85 bits per heavy atom. The minimum Gasteiger partial charge on any atom is -0.352 e. The molecule has 0 saturated heterocycles. The van der Waals surface area contributed by atoms with Crippen molar-refractivity contribution in [1.82, 2.24) is 15.1 Å². The molecular weight excluding hydrogens is 329 g/mol. The summed E-state index contributed by atoms with van der Waals surface area (Å²) in [7, 11) is 1.84. The van der Waals surface area contributed by atoms with Crippen LogP contribution in [0.15, 0.2) is 54.7 Å². The van der Waals surface area contributed by atoms with Crippen molar-refractivity contribution in [2.45, 2.75) is 26.3 Å². The monoisotopic (exact) mass is 351 g/mol. The van der Waals surface area contributed by atoms with Crippen LogP contribution in [0.4, 0.5) is 4.39 Å². The maximum Gasteiger partial charge on any atom is 0.220 e. The molecule has 4 nitrogen and oxygen atoms in total. The van der Waals surface area contributed by atoms with Crippen LogP contribution in [0, 0.1) is 12.7 Å². The van der Waals surface area contributed by atoms with Gasteiger partial charge in [-0.1, -0.05) is 24.3 Å². The van der Waals surface area contributed by atoms with Crippen molar-refractivity contribution in [1.29, 1.82) is 0 Å². The van der Waals surface area contributed by atoms with Gasteiger partial charge in [0.05, 0.1) is 5.69 Å². The number of hydrogen-bond acceptors (Lipinski definition) is 2. The number of aromatic nitrogens is 2. The number of nitrogens with zero attached hydrogens (tertiary/aromatic N) is 2. The molecule has 26 heavy (non-hydrogen) atoms. The number of benzene rings is 2. The Balaban J connectivity index is 1.62. The topological polar surface area (TPSA) is 46.9 Å². The third-order valence-electron chi connectivity index (χ3n) is 4.38. The van der Waals surface area contributed by atoms with Crippen LogP contribution in [0.1, 0.15) is 23.1 Å². The van der Waals surface area contributed by atoms with Gasteiger partial charge in [0.15, 0.2) is 0 Å². The molecule has 3 rings (SSSR count). The van der Waals surface area contributed by atoms with Crippen LogP contribution in [0.5, 0.6) is 0 Å².